The van der Waals surface area contributed by atoms with Gasteiger partial charge in [-0.2, -0.15) is 0 Å². The molecule has 63 valence electrons. The van der Waals surface area contributed by atoms with Crippen LogP contribution in [0.2, 0.25) is 5.02 Å². The van der Waals surface area contributed by atoms with Crippen LogP contribution in [0.15, 0.2) is 24.3 Å². The maximum Gasteiger partial charge on any atom is 0.138 e. The molecule has 2 nitrogen and oxygen atoms in total. The van der Waals surface area contributed by atoms with E-state index in [1.807, 2.05) is 24.3 Å². The lowest BCUT2D eigenvalue weighted by Gasteiger charge is -2.26. The predicted molar refractivity (Wildman–Crippen MR) is 47.7 cm³/mol. The van der Waals surface area contributed by atoms with E-state index < -0.39 is 0 Å². The average molecular weight is 183 g/mol. The zero-order valence-corrected chi connectivity index (χ0v) is 7.29. The Labute approximate surface area is 76.5 Å². The van der Waals surface area contributed by atoms with Gasteiger partial charge in [-0.1, -0.05) is 23.7 Å². The Balaban J connectivity index is 2.06. The van der Waals surface area contributed by atoms with Crippen molar-refractivity contribution in [1.82, 2.24) is 5.32 Å². The van der Waals surface area contributed by atoms with Gasteiger partial charge >= 0.3 is 0 Å². The van der Waals surface area contributed by atoms with Gasteiger partial charge < -0.3 is 4.74 Å². The Morgan fingerprint density at radius 1 is 1.33 bits per heavy atom. The van der Waals surface area contributed by atoms with Gasteiger partial charge in [0.05, 0.1) is 18.1 Å². The lowest BCUT2D eigenvalue weighted by atomic mass is 10.2. The molecule has 0 bridgehead atoms. The number of nitrogens with zero attached hydrogens (tertiary/aromatic N) is 1. The first-order valence-electron chi connectivity index (χ1n) is 3.91. The van der Waals surface area contributed by atoms with Gasteiger partial charge in [-0.05, 0) is 12.1 Å². The van der Waals surface area contributed by atoms with Gasteiger partial charge in [-0.3, -0.25) is 0 Å². The zero-order valence-electron chi connectivity index (χ0n) is 6.53. The summed E-state index contributed by atoms with van der Waals surface area (Å²) in [7, 11) is 0. The zero-order chi connectivity index (χ0) is 8.39. The molecule has 0 spiro atoms. The van der Waals surface area contributed by atoms with Crippen molar-refractivity contribution in [2.24, 2.45) is 0 Å². The minimum Gasteiger partial charge on any atom is -0.486 e. The Morgan fingerprint density at radius 3 is 2.67 bits per heavy atom. The highest BCUT2D eigenvalue weighted by Crippen LogP contribution is 2.24. The second-order valence-electron chi connectivity index (χ2n) is 2.76. The minimum absolute atomic E-state index is 0.241. The first-order chi connectivity index (χ1) is 5.86. The monoisotopic (exact) mass is 182 g/mol. The molecule has 1 fully saturated rings. The van der Waals surface area contributed by atoms with E-state index in [1.165, 1.54) is 0 Å². The van der Waals surface area contributed by atoms with Crippen LogP contribution in [0.4, 0.5) is 0 Å². The van der Waals surface area contributed by atoms with Crippen LogP contribution in [-0.2, 0) is 0 Å². The molecule has 0 saturated carbocycles. The largest absolute Gasteiger partial charge is 0.486 e. The highest BCUT2D eigenvalue weighted by Gasteiger charge is 2.20. The Bertz CT molecular complexity index is 273. The topological polar surface area (TPSA) is 23.3 Å². The van der Waals surface area contributed by atoms with Crippen LogP contribution >= 0.6 is 11.6 Å². The van der Waals surface area contributed by atoms with E-state index in [0.29, 0.717) is 5.02 Å². The lowest BCUT2D eigenvalue weighted by Crippen LogP contribution is -2.45. The molecular weight excluding hydrogens is 174 g/mol. The molecule has 0 amide bonds. The van der Waals surface area contributed by atoms with E-state index in [2.05, 4.69) is 5.32 Å². The summed E-state index contributed by atoms with van der Waals surface area (Å²) in [6.45, 7) is 1.59. The van der Waals surface area contributed by atoms with Crippen LogP contribution in [0.25, 0.3) is 0 Å². The molecule has 1 saturated heterocycles. The molecule has 3 heteroatoms. The van der Waals surface area contributed by atoms with Gasteiger partial charge in [0, 0.05) is 0 Å². The molecule has 1 aromatic rings. The molecular formula is C9H9ClNO. The third-order valence-electron chi connectivity index (χ3n) is 1.80. The van der Waals surface area contributed by atoms with Crippen LogP contribution < -0.4 is 10.1 Å². The predicted octanol–water partition coefficient (Wildman–Crippen LogP) is 1.71. The fraction of sp³-hybridized carbons (Fsp3) is 0.333. The SMILES string of the molecule is Clc1ccccc1OC1C[N]C1. The highest BCUT2D eigenvalue weighted by atomic mass is 35.5. The summed E-state index contributed by atoms with van der Waals surface area (Å²) in [5.41, 5.74) is 0. The van der Waals surface area contributed by atoms with Crippen molar-refractivity contribution in [2.45, 2.75) is 6.10 Å². The van der Waals surface area contributed by atoms with Gasteiger partial charge in [0.2, 0.25) is 0 Å². The van der Waals surface area contributed by atoms with Crippen LogP contribution in [0, 0.1) is 0 Å². The number of halogens is 1. The van der Waals surface area contributed by atoms with Crippen LogP contribution in [-0.4, -0.2) is 19.2 Å². The fourth-order valence-corrected chi connectivity index (χ4v) is 1.21. The molecule has 0 N–H and O–H groups in total. The first-order valence-corrected chi connectivity index (χ1v) is 4.28. The molecule has 0 unspecified atom stereocenters. The standard InChI is InChI=1S/C9H9ClNO/c10-8-3-1-2-4-9(8)12-7-5-11-6-7/h1-4,7H,5-6H2. The molecule has 1 aliphatic heterocycles. The third-order valence-corrected chi connectivity index (χ3v) is 2.11. The summed E-state index contributed by atoms with van der Waals surface area (Å²) in [5.74, 6) is 0.763. The van der Waals surface area contributed by atoms with E-state index >= 15 is 0 Å². The van der Waals surface area contributed by atoms with E-state index in [9.17, 15) is 0 Å². The van der Waals surface area contributed by atoms with Crippen molar-refractivity contribution < 1.29 is 4.74 Å². The molecule has 1 aliphatic rings. The Kier molecular flexibility index (Phi) is 2.19. The van der Waals surface area contributed by atoms with E-state index in [-0.39, 0.29) is 6.10 Å². The Hall–Kier alpha value is -0.730. The smallest absolute Gasteiger partial charge is 0.138 e. The van der Waals surface area contributed by atoms with Gasteiger partial charge in [-0.15, -0.1) is 0 Å². The molecule has 2 rings (SSSR count). The van der Waals surface area contributed by atoms with Gasteiger partial charge in [0.15, 0.2) is 0 Å². The second kappa shape index (κ2) is 3.33. The summed E-state index contributed by atoms with van der Waals surface area (Å²) >= 11 is 5.89. The van der Waals surface area contributed by atoms with Crippen LogP contribution in [0.1, 0.15) is 0 Å². The van der Waals surface area contributed by atoms with E-state index in [1.54, 1.807) is 0 Å². The van der Waals surface area contributed by atoms with Crippen LogP contribution in [0.3, 0.4) is 0 Å². The van der Waals surface area contributed by atoms with Crippen molar-refractivity contribution in [3.05, 3.63) is 29.3 Å². The summed E-state index contributed by atoms with van der Waals surface area (Å²) in [6, 6.07) is 7.50. The molecule has 12 heavy (non-hydrogen) atoms. The normalized spacial score (nSPS) is 17.1. The molecule has 0 aromatic heterocycles. The van der Waals surface area contributed by atoms with Gasteiger partial charge in [0.25, 0.3) is 0 Å². The number of para-hydroxylation sites is 1. The summed E-state index contributed by atoms with van der Waals surface area (Å²) < 4.78 is 5.56. The molecule has 0 atom stereocenters. The number of hydrogen-bond donors (Lipinski definition) is 0. The first kappa shape index (κ1) is 7.90. The van der Waals surface area contributed by atoms with E-state index in [0.717, 1.165) is 18.8 Å². The molecule has 0 aliphatic carbocycles. The van der Waals surface area contributed by atoms with E-state index in [4.69, 9.17) is 16.3 Å². The fourth-order valence-electron chi connectivity index (χ4n) is 1.03. The summed E-state index contributed by atoms with van der Waals surface area (Å²) in [6.07, 6.45) is 0.241. The Morgan fingerprint density at radius 2 is 2.08 bits per heavy atom. The van der Waals surface area contributed by atoms with Crippen molar-refractivity contribution in [3.63, 3.8) is 0 Å². The maximum atomic E-state index is 5.89. The summed E-state index contributed by atoms with van der Waals surface area (Å²) in [5, 5.41) is 4.73. The number of ether oxygens (including phenoxy) is 1. The van der Waals surface area contributed by atoms with Gasteiger partial charge in [0.1, 0.15) is 11.9 Å². The van der Waals surface area contributed by atoms with Crippen molar-refractivity contribution in [3.8, 4) is 5.75 Å². The quantitative estimate of drug-likeness (QED) is 0.683. The maximum absolute atomic E-state index is 5.89. The van der Waals surface area contributed by atoms with Crippen LogP contribution in [0.5, 0.6) is 5.75 Å². The van der Waals surface area contributed by atoms with Crippen molar-refractivity contribution in [1.29, 1.82) is 0 Å². The minimum atomic E-state index is 0.241. The lowest BCUT2D eigenvalue weighted by molar-refractivity contribution is 0.139. The highest BCUT2D eigenvalue weighted by molar-refractivity contribution is 6.32. The van der Waals surface area contributed by atoms with Gasteiger partial charge in [-0.25, -0.2) is 5.32 Å². The molecule has 1 heterocycles. The molecule has 1 aromatic carbocycles. The number of rotatable bonds is 2. The number of hydrogen-bond acceptors (Lipinski definition) is 1. The third kappa shape index (κ3) is 1.54. The average Bonchev–Trinajstić information content (AvgIpc) is 2.00. The van der Waals surface area contributed by atoms with Crippen molar-refractivity contribution >= 4 is 11.6 Å². The summed E-state index contributed by atoms with van der Waals surface area (Å²) in [4.78, 5) is 0. The molecule has 1 radical (unpaired) electrons. The second-order valence-corrected chi connectivity index (χ2v) is 3.17. The van der Waals surface area contributed by atoms with Crippen molar-refractivity contribution in [2.75, 3.05) is 13.1 Å². The number of benzene rings is 1.